The summed E-state index contributed by atoms with van der Waals surface area (Å²) in [4.78, 5) is 6.74. The average Bonchev–Trinajstić information content (AvgIpc) is 2.54. The van der Waals surface area contributed by atoms with E-state index in [2.05, 4.69) is 5.10 Å². The summed E-state index contributed by atoms with van der Waals surface area (Å²) in [5.74, 6) is 0. The first-order valence-electron chi connectivity index (χ1n) is 6.75. The summed E-state index contributed by atoms with van der Waals surface area (Å²) in [6.45, 7) is 9.92. The average molecular weight is 316 g/mol. The van der Waals surface area contributed by atoms with Crippen LogP contribution in [0, 0.1) is 6.92 Å². The number of hydrogen-bond donors (Lipinski definition) is 0. The molecular weight excluding hydrogens is 294 g/mol. The zero-order chi connectivity index (χ0) is 15.8. The maximum absolute atomic E-state index is 6.04. The molecular formula is C13H21BClN2O4+. The van der Waals surface area contributed by atoms with Crippen LogP contribution in [0.4, 0.5) is 0 Å². The van der Waals surface area contributed by atoms with E-state index in [1.165, 1.54) is 12.0 Å². The van der Waals surface area contributed by atoms with Crippen LogP contribution in [-0.4, -0.2) is 37.3 Å². The molecule has 0 spiro atoms. The van der Waals surface area contributed by atoms with E-state index in [1.54, 1.807) is 6.07 Å². The van der Waals surface area contributed by atoms with Gasteiger partial charge in [0.25, 0.3) is 12.4 Å². The van der Waals surface area contributed by atoms with Crippen molar-refractivity contribution in [3.63, 3.8) is 0 Å². The molecule has 0 bridgehead atoms. The summed E-state index contributed by atoms with van der Waals surface area (Å²) in [7, 11) is 0.948. The molecule has 0 aromatic carbocycles. The molecule has 2 rings (SSSR count). The first-order chi connectivity index (χ1) is 9.68. The van der Waals surface area contributed by atoms with E-state index in [1.807, 2.05) is 34.6 Å². The summed E-state index contributed by atoms with van der Waals surface area (Å²) in [6, 6.07) is 1.74. The Balaban J connectivity index is 2.40. The van der Waals surface area contributed by atoms with Crippen LogP contribution in [0.5, 0.6) is 0 Å². The monoisotopic (exact) mass is 315 g/mol. The lowest BCUT2D eigenvalue weighted by Gasteiger charge is -2.32. The fraction of sp³-hybridized carbons (Fsp3) is 0.692. The molecule has 0 radical (unpaired) electrons. The van der Waals surface area contributed by atoms with Crippen LogP contribution in [-0.2, 0) is 14.0 Å². The molecule has 0 amide bonds. The van der Waals surface area contributed by atoms with Crippen molar-refractivity contribution in [3.8, 4) is 0 Å². The lowest BCUT2D eigenvalue weighted by molar-refractivity contribution is -0.928. The van der Waals surface area contributed by atoms with Gasteiger partial charge < -0.3 is 14.0 Å². The van der Waals surface area contributed by atoms with Crippen LogP contribution in [0.15, 0.2) is 6.07 Å². The molecule has 1 aliphatic rings. The molecule has 0 N–H and O–H groups in total. The third kappa shape index (κ3) is 3.16. The Hall–Kier alpha value is -0.885. The van der Waals surface area contributed by atoms with E-state index >= 15 is 0 Å². The third-order valence-electron chi connectivity index (χ3n) is 3.90. The van der Waals surface area contributed by atoms with Crippen LogP contribution in [0.25, 0.3) is 0 Å². The topological polar surface area (TPSA) is 53.7 Å². The highest BCUT2D eigenvalue weighted by atomic mass is 35.5. The van der Waals surface area contributed by atoms with Crippen molar-refractivity contribution in [1.29, 1.82) is 0 Å². The van der Waals surface area contributed by atoms with Gasteiger partial charge in [-0.3, -0.25) is 0 Å². The van der Waals surface area contributed by atoms with E-state index in [0.717, 1.165) is 5.56 Å². The highest BCUT2D eigenvalue weighted by Gasteiger charge is 2.56. The van der Waals surface area contributed by atoms with Gasteiger partial charge in [-0.2, -0.15) is 0 Å². The molecule has 1 aromatic heterocycles. The number of nitrogens with zero attached hydrogens (tertiary/aromatic N) is 2. The minimum atomic E-state index is -0.586. The second-order valence-electron chi connectivity index (χ2n) is 6.03. The SMILES string of the molecule is COCO[n+]1nc(Cl)cc(C)c1B1OC(C)(C)C(C)(C)O1. The molecule has 0 unspecified atom stereocenters. The van der Waals surface area contributed by atoms with Crippen molar-refractivity contribution in [1.82, 2.24) is 5.10 Å². The van der Waals surface area contributed by atoms with Gasteiger partial charge >= 0.3 is 7.12 Å². The minimum Gasteiger partial charge on any atom is -0.395 e. The third-order valence-corrected chi connectivity index (χ3v) is 4.09. The zero-order valence-electron chi connectivity index (χ0n) is 13.3. The van der Waals surface area contributed by atoms with Crippen molar-refractivity contribution < 1.29 is 23.7 Å². The summed E-state index contributed by atoms with van der Waals surface area (Å²) >= 11 is 5.99. The predicted molar refractivity (Wildman–Crippen MR) is 78.4 cm³/mol. The Morgan fingerprint density at radius 2 is 1.86 bits per heavy atom. The number of methoxy groups -OCH3 is 1. The summed E-state index contributed by atoms with van der Waals surface area (Å²) < 4.78 is 17.0. The lowest BCUT2D eigenvalue weighted by atomic mass is 9.81. The van der Waals surface area contributed by atoms with Crippen LogP contribution >= 0.6 is 11.6 Å². The largest absolute Gasteiger partial charge is 0.578 e. The maximum atomic E-state index is 6.04. The van der Waals surface area contributed by atoms with Gasteiger partial charge in [-0.1, -0.05) is 11.6 Å². The standard InChI is InChI=1S/C13H21BClN2O4/c1-9-7-10(15)16-17(19-8-18-6)11(9)14-20-12(2,3)13(4,5)21-14/h7H,8H2,1-6H3/q+1. The Morgan fingerprint density at radius 1 is 1.29 bits per heavy atom. The predicted octanol–water partition coefficient (Wildman–Crippen LogP) is 0.663. The van der Waals surface area contributed by atoms with E-state index in [9.17, 15) is 0 Å². The highest BCUT2D eigenvalue weighted by Crippen LogP contribution is 2.36. The fourth-order valence-corrected chi connectivity index (χ4v) is 2.24. The molecule has 21 heavy (non-hydrogen) atoms. The molecule has 1 aromatic rings. The zero-order valence-corrected chi connectivity index (χ0v) is 14.0. The first kappa shape index (κ1) is 16.5. The molecule has 6 nitrogen and oxygen atoms in total. The Kier molecular flexibility index (Phi) is 4.49. The van der Waals surface area contributed by atoms with E-state index in [-0.39, 0.29) is 6.79 Å². The van der Waals surface area contributed by atoms with Crippen LogP contribution in [0.2, 0.25) is 5.15 Å². The van der Waals surface area contributed by atoms with Gasteiger partial charge in [-0.25, -0.2) is 4.84 Å². The van der Waals surface area contributed by atoms with Crippen LogP contribution in [0.1, 0.15) is 33.3 Å². The summed E-state index contributed by atoms with van der Waals surface area (Å²) in [5.41, 5.74) is 0.644. The van der Waals surface area contributed by atoms with Crippen molar-refractivity contribution in [3.05, 3.63) is 16.8 Å². The molecule has 8 heteroatoms. The van der Waals surface area contributed by atoms with Crippen molar-refractivity contribution >= 4 is 24.3 Å². The minimum absolute atomic E-state index is 0.0456. The second-order valence-corrected chi connectivity index (χ2v) is 6.42. The van der Waals surface area contributed by atoms with Crippen molar-refractivity contribution in [2.75, 3.05) is 13.9 Å². The smallest absolute Gasteiger partial charge is 0.395 e. The maximum Gasteiger partial charge on any atom is 0.578 e. The van der Waals surface area contributed by atoms with E-state index < -0.39 is 18.3 Å². The van der Waals surface area contributed by atoms with Gasteiger partial charge in [0.2, 0.25) is 5.15 Å². The molecule has 0 aliphatic carbocycles. The van der Waals surface area contributed by atoms with E-state index in [0.29, 0.717) is 10.7 Å². The number of aryl methyl sites for hydroxylation is 1. The molecule has 1 fully saturated rings. The van der Waals surface area contributed by atoms with Crippen LogP contribution < -0.4 is 15.3 Å². The molecule has 0 atom stereocenters. The second kappa shape index (κ2) is 5.72. The van der Waals surface area contributed by atoms with Gasteiger partial charge in [-0.15, -0.1) is 0 Å². The molecule has 0 saturated carbocycles. The Bertz CT molecular complexity index is 523. The summed E-state index contributed by atoms with van der Waals surface area (Å²) in [6.07, 6.45) is 0. The number of hydrogen-bond acceptors (Lipinski definition) is 5. The Labute approximate surface area is 130 Å². The lowest BCUT2D eigenvalue weighted by Crippen LogP contribution is -2.66. The first-order valence-corrected chi connectivity index (χ1v) is 7.13. The number of halogens is 1. The fourth-order valence-electron chi connectivity index (χ4n) is 2.00. The Morgan fingerprint density at radius 3 is 2.38 bits per heavy atom. The number of ether oxygens (including phenoxy) is 1. The van der Waals surface area contributed by atoms with E-state index in [4.69, 9.17) is 30.5 Å². The number of rotatable bonds is 4. The van der Waals surface area contributed by atoms with Crippen molar-refractivity contribution in [2.45, 2.75) is 45.8 Å². The van der Waals surface area contributed by atoms with Gasteiger partial charge in [0.15, 0.2) is 0 Å². The van der Waals surface area contributed by atoms with Gasteiger partial charge in [0.05, 0.1) is 16.3 Å². The molecule has 1 aliphatic heterocycles. The summed E-state index contributed by atoms with van der Waals surface area (Å²) in [5, 5.41) is 4.45. The molecule has 2 heterocycles. The van der Waals surface area contributed by atoms with Gasteiger partial charge in [0, 0.05) is 12.7 Å². The van der Waals surface area contributed by atoms with Gasteiger partial charge in [-0.05, 0) is 40.7 Å². The molecule has 116 valence electrons. The van der Waals surface area contributed by atoms with Crippen molar-refractivity contribution in [2.24, 2.45) is 0 Å². The normalized spacial score (nSPS) is 19.9. The van der Waals surface area contributed by atoms with Gasteiger partial charge in [0.1, 0.15) is 4.85 Å². The van der Waals surface area contributed by atoms with Crippen LogP contribution in [0.3, 0.4) is 0 Å². The quantitative estimate of drug-likeness (QED) is 0.464. The number of aromatic nitrogens is 2. The molecule has 1 saturated heterocycles. The highest BCUT2D eigenvalue weighted by molar-refractivity contribution is 6.60.